The molecule has 5 nitrogen and oxygen atoms in total. The smallest absolute Gasteiger partial charge is 0.173 e. The zero-order chi connectivity index (χ0) is 47.9. The number of hydrogen-bond donors (Lipinski definition) is 0. The Hall–Kier alpha value is -8.80. The van der Waals surface area contributed by atoms with Crippen LogP contribution in [0.2, 0.25) is 0 Å². The number of benzene rings is 11. The van der Waals surface area contributed by atoms with Crippen molar-refractivity contribution in [2.75, 3.05) is 0 Å². The summed E-state index contributed by atoms with van der Waals surface area (Å²) >= 11 is 1.73. The fraction of sp³-hybridized carbons (Fsp3) is 0. The molecule has 0 fully saturated rings. The van der Waals surface area contributed by atoms with Crippen LogP contribution in [-0.2, 0) is 4.57 Å². The molecule has 0 amide bonds. The van der Waals surface area contributed by atoms with Gasteiger partial charge in [-0.05, 0) is 97.1 Å². The van der Waals surface area contributed by atoms with Crippen LogP contribution >= 0.6 is 18.9 Å². The van der Waals surface area contributed by atoms with Crippen LogP contribution in [0.5, 0.6) is 0 Å². The van der Waals surface area contributed by atoms with Gasteiger partial charge in [0.1, 0.15) is 0 Å². The lowest BCUT2D eigenvalue weighted by atomic mass is 10.1. The number of hydrogen-bond acceptors (Lipinski definition) is 2. The molecule has 15 aromatic rings. The lowest BCUT2D eigenvalue weighted by Gasteiger charge is -2.30. The summed E-state index contributed by atoms with van der Waals surface area (Å²) in [5, 5.41) is 12.2. The molecule has 0 N–H and O–H groups in total. The molecule has 4 aromatic heterocycles. The van der Waals surface area contributed by atoms with Crippen molar-refractivity contribution in [1.82, 2.24) is 18.3 Å². The molecule has 16 rings (SSSR count). The molecule has 0 radical (unpaired) electrons. The number of fused-ring (bicyclic) bond motifs is 16. The highest BCUT2D eigenvalue weighted by molar-refractivity contribution is 8.02. The van der Waals surface area contributed by atoms with Crippen LogP contribution in [0, 0.1) is 0 Å². The normalized spacial score (nSPS) is 13.3. The van der Waals surface area contributed by atoms with E-state index >= 15 is 4.57 Å². The van der Waals surface area contributed by atoms with Gasteiger partial charge in [0.2, 0.25) is 0 Å². The van der Waals surface area contributed by atoms with Crippen LogP contribution in [-0.4, -0.2) is 18.3 Å². The van der Waals surface area contributed by atoms with Crippen molar-refractivity contribution in [2.24, 2.45) is 0 Å². The second kappa shape index (κ2) is 15.4. The van der Waals surface area contributed by atoms with Gasteiger partial charge in [0.15, 0.2) is 7.14 Å². The van der Waals surface area contributed by atoms with Crippen LogP contribution in [0.15, 0.2) is 259 Å². The van der Waals surface area contributed by atoms with Crippen LogP contribution in [0.4, 0.5) is 0 Å². The zero-order valence-electron chi connectivity index (χ0n) is 39.2. The van der Waals surface area contributed by atoms with E-state index in [1.165, 1.54) is 43.1 Å². The average Bonchev–Trinajstić information content (AvgIpc) is 4.19. The number of rotatable bonds is 5. The summed E-state index contributed by atoms with van der Waals surface area (Å²) in [4.78, 5) is 1.99. The molecule has 0 bridgehead atoms. The fourth-order valence-electron chi connectivity index (χ4n) is 12.4. The molecule has 1 aliphatic heterocycles. The molecule has 0 spiro atoms. The fourth-order valence-corrected chi connectivity index (χ4v) is 17.1. The van der Waals surface area contributed by atoms with Crippen LogP contribution in [0.25, 0.3) is 110 Å². The second-order valence-corrected chi connectivity index (χ2v) is 22.9. The summed E-state index contributed by atoms with van der Waals surface area (Å²) in [5.74, 6) is 0. The van der Waals surface area contributed by atoms with Gasteiger partial charge in [0.05, 0.1) is 44.1 Å². The van der Waals surface area contributed by atoms with E-state index in [0.29, 0.717) is 0 Å². The van der Waals surface area contributed by atoms with Crippen molar-refractivity contribution in [3.05, 3.63) is 249 Å². The van der Waals surface area contributed by atoms with E-state index in [4.69, 9.17) is 0 Å². The Labute approximate surface area is 423 Å². The van der Waals surface area contributed by atoms with Crippen LogP contribution in [0.1, 0.15) is 0 Å². The maximum absolute atomic E-state index is 16.6. The van der Waals surface area contributed by atoms with Gasteiger partial charge in [0, 0.05) is 91.5 Å². The van der Waals surface area contributed by atoms with Gasteiger partial charge in [-0.1, -0.05) is 163 Å². The van der Waals surface area contributed by atoms with Gasteiger partial charge in [-0.25, -0.2) is 0 Å². The van der Waals surface area contributed by atoms with E-state index in [0.717, 1.165) is 92.6 Å². The molecule has 0 saturated carbocycles. The summed E-state index contributed by atoms with van der Waals surface area (Å²) in [6.45, 7) is 0. The Bertz CT molecular complexity index is 4570. The molecule has 0 atom stereocenters. The quantitative estimate of drug-likeness (QED) is 0.161. The van der Waals surface area contributed by atoms with E-state index in [9.17, 15) is 0 Å². The largest absolute Gasteiger partial charge is 0.309 e. The maximum Gasteiger partial charge on any atom is 0.173 e. The first-order valence-electron chi connectivity index (χ1n) is 24.8. The standard InChI is InChI=1S/C66H41N4OPS/c71-72(46-22-8-3-9-23-46)59-38-32-44(69-53-28-14-10-24-47(53)49-34-36-57-63(65(49)69)51-26-12-16-30-55(51)67(57)42-18-4-1-5-19-42)40-61(59)73-62-41-45(33-39-60(62)72)70-54-29-15-11-25-48(54)50-35-37-58-64(66(50)70)52-27-13-17-31-56(52)68(58)43-20-6-2-7-21-43/h1-41H. The molecule has 5 heterocycles. The second-order valence-electron chi connectivity index (χ2n) is 19.1. The molecule has 73 heavy (non-hydrogen) atoms. The summed E-state index contributed by atoms with van der Waals surface area (Å²) < 4.78 is 26.3. The molecule has 1 aliphatic rings. The molecule has 7 heteroatoms. The van der Waals surface area contributed by atoms with Gasteiger partial charge in [-0.15, -0.1) is 0 Å². The zero-order valence-corrected chi connectivity index (χ0v) is 40.9. The Kier molecular flexibility index (Phi) is 8.60. The lowest BCUT2D eigenvalue weighted by molar-refractivity contribution is 0.591. The summed E-state index contributed by atoms with van der Waals surface area (Å²) in [7, 11) is -3.38. The van der Waals surface area contributed by atoms with E-state index in [-0.39, 0.29) is 0 Å². The summed E-state index contributed by atoms with van der Waals surface area (Å²) in [6.07, 6.45) is 0. The van der Waals surface area contributed by atoms with E-state index in [1.807, 2.05) is 30.3 Å². The highest BCUT2D eigenvalue weighted by Crippen LogP contribution is 2.54. The predicted molar refractivity (Wildman–Crippen MR) is 307 cm³/mol. The highest BCUT2D eigenvalue weighted by atomic mass is 32.2. The molecular formula is C66H41N4OPS. The molecule has 342 valence electrons. The molecule has 0 unspecified atom stereocenters. The minimum atomic E-state index is -3.38. The first kappa shape index (κ1) is 40.9. The first-order valence-corrected chi connectivity index (χ1v) is 27.3. The van der Waals surface area contributed by atoms with E-state index in [2.05, 4.69) is 237 Å². The van der Waals surface area contributed by atoms with E-state index in [1.54, 1.807) is 11.8 Å². The van der Waals surface area contributed by atoms with Gasteiger partial charge < -0.3 is 22.8 Å². The predicted octanol–water partition coefficient (Wildman–Crippen LogP) is 16.2. The average molecular weight is 969 g/mol. The van der Waals surface area contributed by atoms with Gasteiger partial charge in [-0.3, -0.25) is 0 Å². The molecule has 11 aromatic carbocycles. The van der Waals surface area contributed by atoms with Crippen LogP contribution in [0.3, 0.4) is 0 Å². The first-order chi connectivity index (χ1) is 36.1. The molecule has 0 aliphatic carbocycles. The third-order valence-electron chi connectivity index (χ3n) is 15.4. The van der Waals surface area contributed by atoms with Crippen molar-refractivity contribution >= 4 is 122 Å². The van der Waals surface area contributed by atoms with Crippen molar-refractivity contribution in [3.63, 3.8) is 0 Å². The Morgan fingerprint density at radius 2 is 0.658 bits per heavy atom. The summed E-state index contributed by atoms with van der Waals surface area (Å²) in [6, 6.07) is 89.0. The van der Waals surface area contributed by atoms with Crippen molar-refractivity contribution in [3.8, 4) is 22.7 Å². The van der Waals surface area contributed by atoms with Crippen molar-refractivity contribution in [2.45, 2.75) is 9.79 Å². The molecular weight excluding hydrogens is 928 g/mol. The van der Waals surface area contributed by atoms with Gasteiger partial charge in [-0.2, -0.15) is 0 Å². The number of aromatic nitrogens is 4. The highest BCUT2D eigenvalue weighted by Gasteiger charge is 2.39. The lowest BCUT2D eigenvalue weighted by Crippen LogP contribution is -2.30. The third-order valence-corrected chi connectivity index (χ3v) is 20.0. The Balaban J connectivity index is 0.949. The monoisotopic (exact) mass is 968 g/mol. The third kappa shape index (κ3) is 5.62. The van der Waals surface area contributed by atoms with Crippen molar-refractivity contribution < 1.29 is 4.57 Å². The minimum absolute atomic E-state index is 0.831. The summed E-state index contributed by atoms with van der Waals surface area (Å²) in [5.41, 5.74) is 13.5. The number of nitrogens with zero attached hydrogens (tertiary/aromatic N) is 4. The van der Waals surface area contributed by atoms with Crippen molar-refractivity contribution in [1.29, 1.82) is 0 Å². The molecule has 0 saturated heterocycles. The Morgan fingerprint density at radius 3 is 1.10 bits per heavy atom. The topological polar surface area (TPSA) is 36.8 Å². The van der Waals surface area contributed by atoms with Gasteiger partial charge in [0.25, 0.3) is 0 Å². The van der Waals surface area contributed by atoms with Crippen LogP contribution < -0.4 is 15.9 Å². The number of para-hydroxylation sites is 6. The minimum Gasteiger partial charge on any atom is -0.309 e. The van der Waals surface area contributed by atoms with E-state index < -0.39 is 7.14 Å². The SMILES string of the molecule is O=P1(c2ccccc2)c2ccc(-n3c4ccccc4c4ccc5c(c6ccccc6n5-c5ccccc5)c43)cc2Sc2cc(-n3c4ccccc4c4ccc5c(c6ccccc6n5-c5ccccc5)c43)ccc21. The Morgan fingerprint density at radius 1 is 0.288 bits per heavy atom. The maximum atomic E-state index is 16.6. The van der Waals surface area contributed by atoms with Gasteiger partial charge >= 0.3 is 0 Å².